The highest BCUT2D eigenvalue weighted by atomic mass is 16.5. The summed E-state index contributed by atoms with van der Waals surface area (Å²) in [6.45, 7) is 0. The van der Waals surface area contributed by atoms with Gasteiger partial charge in [-0.3, -0.25) is 0 Å². The van der Waals surface area contributed by atoms with Crippen LogP contribution in [0.15, 0.2) is 36.4 Å². The Kier molecular flexibility index (Phi) is 4.69. The third-order valence-corrected chi connectivity index (χ3v) is 3.15. The van der Waals surface area contributed by atoms with Crippen LogP contribution in [-0.4, -0.2) is 44.3 Å². The average molecular weight is 346 g/mol. The maximum absolute atomic E-state index is 11.3. The highest BCUT2D eigenvalue weighted by Crippen LogP contribution is 2.31. The summed E-state index contributed by atoms with van der Waals surface area (Å²) in [5.41, 5.74) is -1.97. The van der Waals surface area contributed by atoms with E-state index in [4.69, 9.17) is 25.2 Å². The summed E-state index contributed by atoms with van der Waals surface area (Å²) in [5.74, 6) is -6.62. The molecule has 0 bridgehead atoms. The van der Waals surface area contributed by atoms with Gasteiger partial charge < -0.3 is 25.2 Å². The number of carboxylic acid groups (broad SMARTS) is 4. The maximum atomic E-state index is 11.3. The number of aromatic carboxylic acids is 4. The van der Waals surface area contributed by atoms with E-state index in [1.165, 1.54) is 6.07 Å². The van der Waals surface area contributed by atoms with E-state index in [2.05, 4.69) is 0 Å². The summed E-state index contributed by atoms with van der Waals surface area (Å²) in [4.78, 5) is 44.7. The highest BCUT2D eigenvalue weighted by molar-refractivity contribution is 6.02. The van der Waals surface area contributed by atoms with E-state index in [1.54, 1.807) is 0 Å². The summed E-state index contributed by atoms with van der Waals surface area (Å²) in [6, 6.07) is 6.39. The van der Waals surface area contributed by atoms with Gasteiger partial charge in [-0.15, -0.1) is 0 Å². The Hall–Kier alpha value is -3.88. The van der Waals surface area contributed by atoms with E-state index in [1.807, 2.05) is 0 Å². The van der Waals surface area contributed by atoms with Crippen LogP contribution in [0.3, 0.4) is 0 Å². The molecule has 0 unspecified atom stereocenters. The molecule has 2 aromatic carbocycles. The van der Waals surface area contributed by atoms with Crippen LogP contribution >= 0.6 is 0 Å². The van der Waals surface area contributed by atoms with E-state index < -0.39 is 51.9 Å². The molecule has 0 aliphatic heterocycles. The zero-order valence-electron chi connectivity index (χ0n) is 12.3. The lowest BCUT2D eigenvalue weighted by atomic mass is 10.1. The van der Waals surface area contributed by atoms with Crippen molar-refractivity contribution < 1.29 is 44.3 Å². The molecule has 0 amide bonds. The van der Waals surface area contributed by atoms with Gasteiger partial charge >= 0.3 is 23.9 Å². The predicted octanol–water partition coefficient (Wildman–Crippen LogP) is 2.27. The quantitative estimate of drug-likeness (QED) is 0.615. The molecule has 128 valence electrons. The molecule has 0 aromatic heterocycles. The van der Waals surface area contributed by atoms with Crippen LogP contribution in [-0.2, 0) is 0 Å². The van der Waals surface area contributed by atoms with Crippen molar-refractivity contribution in [2.45, 2.75) is 0 Å². The molecule has 9 nitrogen and oxygen atoms in total. The summed E-state index contributed by atoms with van der Waals surface area (Å²) >= 11 is 0. The summed E-state index contributed by atoms with van der Waals surface area (Å²) in [6.07, 6.45) is 0. The Labute approximate surface area is 139 Å². The highest BCUT2D eigenvalue weighted by Gasteiger charge is 2.22. The van der Waals surface area contributed by atoms with Crippen LogP contribution in [0.4, 0.5) is 0 Å². The van der Waals surface area contributed by atoms with Gasteiger partial charge in [0.1, 0.15) is 16.9 Å². The van der Waals surface area contributed by atoms with Gasteiger partial charge in [0, 0.05) is 0 Å². The third kappa shape index (κ3) is 3.55. The Morgan fingerprint density at radius 2 is 1.12 bits per heavy atom. The number of para-hydroxylation sites is 1. The van der Waals surface area contributed by atoms with Crippen LogP contribution in [0.2, 0.25) is 0 Å². The zero-order chi connectivity index (χ0) is 18.7. The second kappa shape index (κ2) is 6.71. The van der Waals surface area contributed by atoms with Crippen molar-refractivity contribution in [1.82, 2.24) is 0 Å². The molecule has 0 aliphatic carbocycles. The minimum Gasteiger partial charge on any atom is -0.478 e. The van der Waals surface area contributed by atoms with Gasteiger partial charge in [0.05, 0.1) is 11.1 Å². The Morgan fingerprint density at radius 1 is 0.640 bits per heavy atom. The molecule has 9 heteroatoms. The molecule has 2 rings (SSSR count). The summed E-state index contributed by atoms with van der Waals surface area (Å²) < 4.78 is 5.27. The number of hydrogen-bond donors (Lipinski definition) is 4. The SMILES string of the molecule is O=C(O)c1ccc(Oc2c(C(=O)O)cccc2C(=O)O)cc1C(=O)O. The molecule has 0 fully saturated rings. The minimum atomic E-state index is -1.53. The molecule has 0 saturated heterocycles. The summed E-state index contributed by atoms with van der Waals surface area (Å²) in [7, 11) is 0. The van der Waals surface area contributed by atoms with Crippen molar-refractivity contribution in [1.29, 1.82) is 0 Å². The van der Waals surface area contributed by atoms with Crippen molar-refractivity contribution in [2.24, 2.45) is 0 Å². The predicted molar refractivity (Wildman–Crippen MR) is 80.8 cm³/mol. The molecule has 2 aromatic rings. The van der Waals surface area contributed by atoms with Crippen molar-refractivity contribution in [3.8, 4) is 11.5 Å². The zero-order valence-corrected chi connectivity index (χ0v) is 12.3. The van der Waals surface area contributed by atoms with Crippen LogP contribution in [0.25, 0.3) is 0 Å². The second-order valence-corrected chi connectivity index (χ2v) is 4.71. The number of carbonyl (C=O) groups is 4. The fourth-order valence-corrected chi connectivity index (χ4v) is 2.05. The molecule has 0 atom stereocenters. The van der Waals surface area contributed by atoms with Crippen molar-refractivity contribution in [3.05, 3.63) is 58.7 Å². The number of hydrogen-bond acceptors (Lipinski definition) is 5. The molecule has 0 aliphatic rings. The number of ether oxygens (including phenoxy) is 1. The summed E-state index contributed by atoms with van der Waals surface area (Å²) in [5, 5.41) is 36.4. The first kappa shape index (κ1) is 17.5. The fraction of sp³-hybridized carbons (Fsp3) is 0. The first-order valence-electron chi connectivity index (χ1n) is 6.60. The van der Waals surface area contributed by atoms with Gasteiger partial charge in [0.25, 0.3) is 0 Å². The topological polar surface area (TPSA) is 158 Å². The lowest BCUT2D eigenvalue weighted by Crippen LogP contribution is -2.09. The van der Waals surface area contributed by atoms with E-state index >= 15 is 0 Å². The first-order valence-corrected chi connectivity index (χ1v) is 6.60. The van der Waals surface area contributed by atoms with Gasteiger partial charge in [0.15, 0.2) is 5.75 Å². The van der Waals surface area contributed by atoms with Crippen LogP contribution in [0, 0.1) is 0 Å². The van der Waals surface area contributed by atoms with Crippen LogP contribution in [0.1, 0.15) is 41.4 Å². The van der Waals surface area contributed by atoms with Gasteiger partial charge in [-0.1, -0.05) is 6.07 Å². The van der Waals surface area contributed by atoms with Crippen molar-refractivity contribution >= 4 is 23.9 Å². The van der Waals surface area contributed by atoms with Gasteiger partial charge in [-0.25, -0.2) is 19.2 Å². The number of benzene rings is 2. The lowest BCUT2D eigenvalue weighted by Gasteiger charge is -2.12. The first-order chi connectivity index (χ1) is 11.7. The smallest absolute Gasteiger partial charge is 0.339 e. The molecular weight excluding hydrogens is 336 g/mol. The standard InChI is InChI=1S/C16H10O9/c17-13(18)8-5-4-7(6-11(8)16(23)24)25-12-9(14(19)20)2-1-3-10(12)15(21)22/h1-6H,(H,17,18)(H,19,20)(H,21,22)(H,23,24). The Morgan fingerprint density at radius 3 is 1.56 bits per heavy atom. The second-order valence-electron chi connectivity index (χ2n) is 4.71. The largest absolute Gasteiger partial charge is 0.478 e. The molecule has 4 N–H and O–H groups in total. The van der Waals surface area contributed by atoms with Crippen molar-refractivity contribution in [3.63, 3.8) is 0 Å². The van der Waals surface area contributed by atoms with Crippen molar-refractivity contribution in [2.75, 3.05) is 0 Å². The van der Waals surface area contributed by atoms with Crippen LogP contribution < -0.4 is 4.74 Å². The third-order valence-electron chi connectivity index (χ3n) is 3.15. The van der Waals surface area contributed by atoms with E-state index in [0.29, 0.717) is 0 Å². The van der Waals surface area contributed by atoms with E-state index in [9.17, 15) is 19.2 Å². The maximum Gasteiger partial charge on any atom is 0.339 e. The fourth-order valence-electron chi connectivity index (χ4n) is 2.05. The average Bonchev–Trinajstić information content (AvgIpc) is 2.54. The monoisotopic (exact) mass is 346 g/mol. The molecule has 0 heterocycles. The van der Waals surface area contributed by atoms with Crippen LogP contribution in [0.5, 0.6) is 11.5 Å². The van der Waals surface area contributed by atoms with Gasteiger partial charge in [-0.05, 0) is 30.3 Å². The van der Waals surface area contributed by atoms with E-state index in [-0.39, 0.29) is 5.75 Å². The van der Waals surface area contributed by atoms with Gasteiger partial charge in [0.2, 0.25) is 0 Å². The number of rotatable bonds is 6. The minimum absolute atomic E-state index is 0.224. The molecule has 0 spiro atoms. The Bertz CT molecular complexity index is 866. The number of carboxylic acids is 4. The molecule has 25 heavy (non-hydrogen) atoms. The molecule has 0 radical (unpaired) electrons. The Balaban J connectivity index is 2.59. The van der Waals surface area contributed by atoms with E-state index in [0.717, 1.165) is 30.3 Å². The molecule has 0 saturated carbocycles. The lowest BCUT2D eigenvalue weighted by molar-refractivity contribution is 0.0651. The van der Waals surface area contributed by atoms with Gasteiger partial charge in [-0.2, -0.15) is 0 Å². The molecular formula is C16H10O9. The normalized spacial score (nSPS) is 10.1.